The standard InChI is InChI=1S/C12H24N2O2/c1-10(2)14-8-12(15)13-6-3-7-16-9-11-4-5-11/h10-11,14H,3-9H2,1-2H3,(H,13,15). The van der Waals surface area contributed by atoms with E-state index in [4.69, 9.17) is 4.74 Å². The monoisotopic (exact) mass is 228 g/mol. The predicted octanol–water partition coefficient (Wildman–Crippen LogP) is 0.917. The van der Waals surface area contributed by atoms with Crippen LogP contribution >= 0.6 is 0 Å². The van der Waals surface area contributed by atoms with Crippen molar-refractivity contribution in [3.63, 3.8) is 0 Å². The van der Waals surface area contributed by atoms with Crippen molar-refractivity contribution < 1.29 is 9.53 Å². The van der Waals surface area contributed by atoms with Gasteiger partial charge >= 0.3 is 0 Å². The van der Waals surface area contributed by atoms with Crippen molar-refractivity contribution in [1.82, 2.24) is 10.6 Å². The molecule has 0 bridgehead atoms. The minimum atomic E-state index is 0.0656. The van der Waals surface area contributed by atoms with Crippen molar-refractivity contribution in [2.45, 2.75) is 39.2 Å². The van der Waals surface area contributed by atoms with E-state index in [0.29, 0.717) is 19.1 Å². The van der Waals surface area contributed by atoms with Crippen LogP contribution in [0.25, 0.3) is 0 Å². The molecule has 1 rings (SSSR count). The van der Waals surface area contributed by atoms with Gasteiger partial charge in [0, 0.05) is 25.8 Å². The Hall–Kier alpha value is -0.610. The Kier molecular flexibility index (Phi) is 6.42. The van der Waals surface area contributed by atoms with E-state index >= 15 is 0 Å². The van der Waals surface area contributed by atoms with Crippen molar-refractivity contribution in [3.05, 3.63) is 0 Å². The number of amides is 1. The molecule has 1 aliphatic carbocycles. The molecule has 4 nitrogen and oxygen atoms in total. The molecule has 16 heavy (non-hydrogen) atoms. The Bertz CT molecular complexity index is 203. The van der Waals surface area contributed by atoms with E-state index in [9.17, 15) is 4.79 Å². The number of hydrogen-bond acceptors (Lipinski definition) is 3. The Balaban J connectivity index is 1.80. The van der Waals surface area contributed by atoms with E-state index in [2.05, 4.69) is 10.6 Å². The molecule has 0 aromatic carbocycles. The fourth-order valence-corrected chi connectivity index (χ4v) is 1.30. The second kappa shape index (κ2) is 7.63. The minimum Gasteiger partial charge on any atom is -0.381 e. The first-order chi connectivity index (χ1) is 7.68. The van der Waals surface area contributed by atoms with E-state index in [-0.39, 0.29) is 5.91 Å². The van der Waals surface area contributed by atoms with Gasteiger partial charge in [0.2, 0.25) is 5.91 Å². The zero-order valence-electron chi connectivity index (χ0n) is 10.4. The van der Waals surface area contributed by atoms with E-state index in [1.807, 2.05) is 13.8 Å². The van der Waals surface area contributed by atoms with E-state index in [1.54, 1.807) is 0 Å². The van der Waals surface area contributed by atoms with Crippen LogP contribution < -0.4 is 10.6 Å². The number of carbonyl (C=O) groups excluding carboxylic acids is 1. The van der Waals surface area contributed by atoms with Gasteiger partial charge in [0.1, 0.15) is 0 Å². The largest absolute Gasteiger partial charge is 0.381 e. The van der Waals surface area contributed by atoms with E-state index in [1.165, 1.54) is 12.8 Å². The van der Waals surface area contributed by atoms with Gasteiger partial charge in [0.15, 0.2) is 0 Å². The zero-order chi connectivity index (χ0) is 11.8. The number of nitrogens with one attached hydrogen (secondary N) is 2. The summed E-state index contributed by atoms with van der Waals surface area (Å²) in [6, 6.07) is 0.354. The maximum atomic E-state index is 11.3. The van der Waals surface area contributed by atoms with Gasteiger partial charge < -0.3 is 15.4 Å². The molecule has 1 aliphatic rings. The summed E-state index contributed by atoms with van der Waals surface area (Å²) in [6.07, 6.45) is 3.56. The molecule has 0 atom stereocenters. The SMILES string of the molecule is CC(C)NCC(=O)NCCCOCC1CC1. The first kappa shape index (κ1) is 13.5. The molecular formula is C12H24N2O2. The van der Waals surface area contributed by atoms with Crippen LogP contribution in [0.2, 0.25) is 0 Å². The molecule has 4 heteroatoms. The highest BCUT2D eigenvalue weighted by Crippen LogP contribution is 2.28. The van der Waals surface area contributed by atoms with Crippen molar-refractivity contribution in [1.29, 1.82) is 0 Å². The third kappa shape index (κ3) is 7.65. The van der Waals surface area contributed by atoms with Crippen molar-refractivity contribution >= 4 is 5.91 Å². The Morgan fingerprint density at radius 3 is 2.81 bits per heavy atom. The van der Waals surface area contributed by atoms with Crippen molar-refractivity contribution in [2.24, 2.45) is 5.92 Å². The lowest BCUT2D eigenvalue weighted by molar-refractivity contribution is -0.120. The van der Waals surface area contributed by atoms with Crippen LogP contribution in [0, 0.1) is 5.92 Å². The van der Waals surface area contributed by atoms with Crippen LogP contribution in [0.5, 0.6) is 0 Å². The Labute approximate surface area is 98.1 Å². The summed E-state index contributed by atoms with van der Waals surface area (Å²) < 4.78 is 5.47. The molecule has 0 aromatic heterocycles. The number of hydrogen-bond donors (Lipinski definition) is 2. The number of ether oxygens (including phenoxy) is 1. The number of rotatable bonds is 9. The smallest absolute Gasteiger partial charge is 0.233 e. The molecule has 0 aliphatic heterocycles. The lowest BCUT2D eigenvalue weighted by Crippen LogP contribution is -2.37. The molecule has 0 saturated heterocycles. The average molecular weight is 228 g/mol. The summed E-state index contributed by atoms with van der Waals surface area (Å²) in [5.74, 6) is 0.890. The third-order valence-corrected chi connectivity index (χ3v) is 2.51. The van der Waals surface area contributed by atoms with Gasteiger partial charge in [-0.15, -0.1) is 0 Å². The van der Waals surface area contributed by atoms with Gasteiger partial charge in [0.25, 0.3) is 0 Å². The Morgan fingerprint density at radius 1 is 1.44 bits per heavy atom. The van der Waals surface area contributed by atoms with Crippen LogP contribution in [0.4, 0.5) is 0 Å². The van der Waals surface area contributed by atoms with Crippen molar-refractivity contribution in [3.8, 4) is 0 Å². The van der Waals surface area contributed by atoms with Crippen LogP contribution in [0.15, 0.2) is 0 Å². The molecule has 0 heterocycles. The lowest BCUT2D eigenvalue weighted by Gasteiger charge is -2.08. The summed E-state index contributed by atoms with van der Waals surface area (Å²) in [6.45, 7) is 6.83. The molecule has 1 fully saturated rings. The number of carbonyl (C=O) groups is 1. The van der Waals surface area contributed by atoms with E-state index < -0.39 is 0 Å². The van der Waals surface area contributed by atoms with Gasteiger partial charge in [-0.2, -0.15) is 0 Å². The Morgan fingerprint density at radius 2 is 2.19 bits per heavy atom. The molecule has 94 valence electrons. The fraction of sp³-hybridized carbons (Fsp3) is 0.917. The van der Waals surface area contributed by atoms with Crippen LogP contribution in [-0.2, 0) is 9.53 Å². The van der Waals surface area contributed by atoms with Gasteiger partial charge in [-0.25, -0.2) is 0 Å². The second-order valence-electron chi connectivity index (χ2n) is 4.76. The van der Waals surface area contributed by atoms with Crippen LogP contribution in [0.1, 0.15) is 33.1 Å². The maximum Gasteiger partial charge on any atom is 0.233 e. The maximum absolute atomic E-state index is 11.3. The molecule has 0 aromatic rings. The topological polar surface area (TPSA) is 50.4 Å². The van der Waals surface area contributed by atoms with Crippen LogP contribution in [0.3, 0.4) is 0 Å². The summed E-state index contributed by atoms with van der Waals surface area (Å²) in [4.78, 5) is 11.3. The third-order valence-electron chi connectivity index (χ3n) is 2.51. The van der Waals surface area contributed by atoms with Gasteiger partial charge in [0.05, 0.1) is 6.54 Å². The summed E-state index contributed by atoms with van der Waals surface area (Å²) in [5, 5.41) is 5.94. The second-order valence-corrected chi connectivity index (χ2v) is 4.76. The quantitative estimate of drug-likeness (QED) is 0.577. The average Bonchev–Trinajstić information content (AvgIpc) is 3.04. The molecular weight excluding hydrogens is 204 g/mol. The normalized spacial score (nSPS) is 15.4. The minimum absolute atomic E-state index is 0.0656. The molecule has 2 N–H and O–H groups in total. The highest BCUT2D eigenvalue weighted by Gasteiger charge is 2.20. The first-order valence-electron chi connectivity index (χ1n) is 6.26. The van der Waals surface area contributed by atoms with Gasteiger partial charge in [-0.3, -0.25) is 4.79 Å². The highest BCUT2D eigenvalue weighted by molar-refractivity contribution is 5.77. The lowest BCUT2D eigenvalue weighted by atomic mass is 10.4. The summed E-state index contributed by atoms with van der Waals surface area (Å²) in [7, 11) is 0. The highest BCUT2D eigenvalue weighted by atomic mass is 16.5. The van der Waals surface area contributed by atoms with Gasteiger partial charge in [-0.05, 0) is 25.2 Å². The molecule has 0 unspecified atom stereocenters. The predicted molar refractivity (Wildman–Crippen MR) is 64.3 cm³/mol. The molecule has 0 radical (unpaired) electrons. The molecule has 1 saturated carbocycles. The first-order valence-corrected chi connectivity index (χ1v) is 6.26. The van der Waals surface area contributed by atoms with Gasteiger partial charge in [-0.1, -0.05) is 13.8 Å². The molecule has 0 spiro atoms. The summed E-state index contributed by atoms with van der Waals surface area (Å²) in [5.41, 5.74) is 0. The zero-order valence-corrected chi connectivity index (χ0v) is 10.4. The van der Waals surface area contributed by atoms with Crippen LogP contribution in [-0.4, -0.2) is 38.3 Å². The molecule has 1 amide bonds. The van der Waals surface area contributed by atoms with Crippen molar-refractivity contribution in [2.75, 3.05) is 26.3 Å². The summed E-state index contributed by atoms with van der Waals surface area (Å²) >= 11 is 0. The fourth-order valence-electron chi connectivity index (χ4n) is 1.30. The van der Waals surface area contributed by atoms with E-state index in [0.717, 1.165) is 25.6 Å².